The first kappa shape index (κ1) is 11.8. The number of carbonyl (C=O) groups is 1. The maximum Gasteiger partial charge on any atom is 0.248 e. The molecule has 0 aromatic heterocycles. The summed E-state index contributed by atoms with van der Waals surface area (Å²) in [5.41, 5.74) is 0. The highest BCUT2D eigenvalue weighted by Crippen LogP contribution is 2.32. The average Bonchev–Trinajstić information content (AvgIpc) is 2.09. The van der Waals surface area contributed by atoms with Crippen molar-refractivity contribution in [3.63, 3.8) is 0 Å². The third-order valence-corrected chi connectivity index (χ3v) is 2.91. The van der Waals surface area contributed by atoms with Crippen LogP contribution in [0, 0.1) is 0 Å². The summed E-state index contributed by atoms with van der Waals surface area (Å²) in [5, 5.41) is 2.76. The highest BCUT2D eigenvalue weighted by atomic mass is 32.2. The number of nitrogens with one attached hydrogen (secondary N) is 1. The van der Waals surface area contributed by atoms with Crippen molar-refractivity contribution in [3.8, 4) is 0 Å². The van der Waals surface area contributed by atoms with E-state index in [0.29, 0.717) is 18.6 Å². The van der Waals surface area contributed by atoms with Gasteiger partial charge in [0.05, 0.1) is 5.75 Å². The van der Waals surface area contributed by atoms with Gasteiger partial charge in [-0.1, -0.05) is 0 Å². The smallest absolute Gasteiger partial charge is 0.248 e. The summed E-state index contributed by atoms with van der Waals surface area (Å²) in [7, 11) is 0. The van der Waals surface area contributed by atoms with Gasteiger partial charge >= 0.3 is 0 Å². The summed E-state index contributed by atoms with van der Waals surface area (Å²) in [6.45, 7) is 0. The van der Waals surface area contributed by atoms with Crippen LogP contribution in [0.4, 0.5) is 8.78 Å². The van der Waals surface area contributed by atoms with E-state index in [4.69, 9.17) is 0 Å². The van der Waals surface area contributed by atoms with Crippen molar-refractivity contribution < 1.29 is 13.6 Å². The summed E-state index contributed by atoms with van der Waals surface area (Å²) in [4.78, 5) is 11.2. The third kappa shape index (κ3) is 3.82. The molecule has 5 heteroatoms. The van der Waals surface area contributed by atoms with Crippen LogP contribution in [-0.2, 0) is 4.79 Å². The monoisotopic (exact) mass is 223 g/mol. The van der Waals surface area contributed by atoms with E-state index in [2.05, 4.69) is 5.32 Å². The lowest BCUT2D eigenvalue weighted by atomic mass is 9.92. The molecular formula is C9H15F2NOS. The molecule has 0 saturated heterocycles. The standard InChI is InChI=1S/C9H15F2NOS/c1-14-6-8(13)12-7-2-4-9(10,11)5-3-7/h7H,2-6H2,1H3,(H,12,13). The Kier molecular flexibility index (Phi) is 4.16. The molecule has 1 N–H and O–H groups in total. The molecule has 0 radical (unpaired) electrons. The molecule has 0 heterocycles. The first-order valence-corrected chi connectivity index (χ1v) is 6.09. The Morgan fingerprint density at radius 2 is 2.07 bits per heavy atom. The zero-order valence-electron chi connectivity index (χ0n) is 8.19. The van der Waals surface area contributed by atoms with Gasteiger partial charge in [-0.05, 0) is 19.1 Å². The fourth-order valence-corrected chi connectivity index (χ4v) is 1.93. The second-order valence-corrected chi connectivity index (χ2v) is 4.50. The Labute approximate surface area is 86.8 Å². The van der Waals surface area contributed by atoms with Crippen LogP contribution >= 0.6 is 11.8 Å². The number of amides is 1. The quantitative estimate of drug-likeness (QED) is 0.793. The Hall–Kier alpha value is -0.320. The van der Waals surface area contributed by atoms with Crippen LogP contribution in [0.25, 0.3) is 0 Å². The molecule has 0 unspecified atom stereocenters. The van der Waals surface area contributed by atoms with Gasteiger partial charge in [0.15, 0.2) is 0 Å². The Morgan fingerprint density at radius 1 is 1.50 bits per heavy atom. The molecule has 0 bridgehead atoms. The highest BCUT2D eigenvalue weighted by molar-refractivity contribution is 7.99. The molecule has 2 nitrogen and oxygen atoms in total. The summed E-state index contributed by atoms with van der Waals surface area (Å²) >= 11 is 1.44. The molecule has 1 saturated carbocycles. The number of thioether (sulfide) groups is 1. The molecule has 1 rings (SSSR count). The lowest BCUT2D eigenvalue weighted by molar-refractivity contribution is -0.120. The van der Waals surface area contributed by atoms with Crippen molar-refractivity contribution in [3.05, 3.63) is 0 Å². The second kappa shape index (κ2) is 4.96. The first-order chi connectivity index (χ1) is 6.53. The predicted molar refractivity (Wildman–Crippen MR) is 53.7 cm³/mol. The van der Waals surface area contributed by atoms with Gasteiger partial charge in [0.2, 0.25) is 11.8 Å². The number of hydrogen-bond donors (Lipinski definition) is 1. The minimum absolute atomic E-state index is 0.0470. The largest absolute Gasteiger partial charge is 0.353 e. The van der Waals surface area contributed by atoms with Crippen molar-refractivity contribution in [2.24, 2.45) is 0 Å². The van der Waals surface area contributed by atoms with Crippen molar-refractivity contribution in [1.29, 1.82) is 0 Å². The molecule has 0 aliphatic heterocycles. The van der Waals surface area contributed by atoms with Gasteiger partial charge in [-0.15, -0.1) is 0 Å². The van der Waals surface area contributed by atoms with Gasteiger partial charge in [-0.3, -0.25) is 4.79 Å². The molecule has 0 aromatic rings. The lowest BCUT2D eigenvalue weighted by Gasteiger charge is -2.28. The number of rotatable bonds is 3. The van der Waals surface area contributed by atoms with E-state index < -0.39 is 5.92 Å². The molecule has 1 aliphatic rings. The zero-order valence-corrected chi connectivity index (χ0v) is 9.00. The van der Waals surface area contributed by atoms with Crippen LogP contribution in [0.1, 0.15) is 25.7 Å². The number of hydrogen-bond acceptors (Lipinski definition) is 2. The topological polar surface area (TPSA) is 29.1 Å². The van der Waals surface area contributed by atoms with Gasteiger partial charge in [0.25, 0.3) is 0 Å². The SMILES string of the molecule is CSCC(=O)NC1CCC(F)(F)CC1. The minimum atomic E-state index is -2.51. The van der Waals surface area contributed by atoms with Gasteiger partial charge in [-0.25, -0.2) is 8.78 Å². The van der Waals surface area contributed by atoms with Crippen molar-refractivity contribution in [2.75, 3.05) is 12.0 Å². The van der Waals surface area contributed by atoms with E-state index in [1.54, 1.807) is 0 Å². The highest BCUT2D eigenvalue weighted by Gasteiger charge is 2.35. The van der Waals surface area contributed by atoms with E-state index in [9.17, 15) is 13.6 Å². The number of carbonyl (C=O) groups excluding carboxylic acids is 1. The van der Waals surface area contributed by atoms with Crippen molar-refractivity contribution in [2.45, 2.75) is 37.6 Å². The molecular weight excluding hydrogens is 208 g/mol. The average molecular weight is 223 g/mol. The van der Waals surface area contributed by atoms with Crippen LogP contribution in [0.5, 0.6) is 0 Å². The second-order valence-electron chi connectivity index (χ2n) is 3.63. The van der Waals surface area contributed by atoms with E-state index in [0.717, 1.165) is 0 Å². The summed E-state index contributed by atoms with van der Waals surface area (Å²) in [6, 6.07) is -0.0470. The molecule has 0 atom stereocenters. The third-order valence-electron chi connectivity index (χ3n) is 2.36. The van der Waals surface area contributed by atoms with Gasteiger partial charge in [0.1, 0.15) is 0 Å². The fraction of sp³-hybridized carbons (Fsp3) is 0.889. The number of alkyl halides is 2. The lowest BCUT2D eigenvalue weighted by Crippen LogP contribution is -2.41. The Morgan fingerprint density at radius 3 is 2.57 bits per heavy atom. The molecule has 1 fully saturated rings. The van der Waals surface area contributed by atoms with E-state index in [-0.39, 0.29) is 24.8 Å². The van der Waals surface area contributed by atoms with Crippen LogP contribution in [0.3, 0.4) is 0 Å². The molecule has 0 aromatic carbocycles. The van der Waals surface area contributed by atoms with E-state index >= 15 is 0 Å². The molecule has 0 spiro atoms. The maximum absolute atomic E-state index is 12.7. The molecule has 82 valence electrons. The van der Waals surface area contributed by atoms with E-state index in [1.165, 1.54) is 11.8 Å². The van der Waals surface area contributed by atoms with Crippen LogP contribution < -0.4 is 5.32 Å². The van der Waals surface area contributed by atoms with Crippen molar-refractivity contribution in [1.82, 2.24) is 5.32 Å². The Bertz CT molecular complexity index is 201. The zero-order chi connectivity index (χ0) is 10.6. The Balaban J connectivity index is 2.25. The molecule has 14 heavy (non-hydrogen) atoms. The first-order valence-electron chi connectivity index (χ1n) is 4.69. The predicted octanol–water partition coefficient (Wildman–Crippen LogP) is 2.04. The van der Waals surface area contributed by atoms with Crippen LogP contribution in [-0.4, -0.2) is 29.9 Å². The summed E-state index contributed by atoms with van der Waals surface area (Å²) < 4.78 is 25.5. The molecule has 1 aliphatic carbocycles. The number of halogens is 2. The van der Waals surface area contributed by atoms with Crippen LogP contribution in [0.15, 0.2) is 0 Å². The van der Waals surface area contributed by atoms with E-state index in [1.807, 2.05) is 6.26 Å². The van der Waals surface area contributed by atoms with Gasteiger partial charge < -0.3 is 5.32 Å². The maximum atomic E-state index is 12.7. The summed E-state index contributed by atoms with van der Waals surface area (Å²) in [5.74, 6) is -2.15. The normalized spacial score (nSPS) is 21.9. The fourth-order valence-electron chi connectivity index (χ4n) is 1.58. The summed E-state index contributed by atoms with van der Waals surface area (Å²) in [6.07, 6.45) is 2.43. The molecule has 1 amide bonds. The van der Waals surface area contributed by atoms with Crippen molar-refractivity contribution >= 4 is 17.7 Å². The van der Waals surface area contributed by atoms with Gasteiger partial charge in [-0.2, -0.15) is 11.8 Å². The van der Waals surface area contributed by atoms with Gasteiger partial charge in [0, 0.05) is 18.9 Å². The minimum Gasteiger partial charge on any atom is -0.353 e. The van der Waals surface area contributed by atoms with Crippen LogP contribution in [0.2, 0.25) is 0 Å².